The van der Waals surface area contributed by atoms with Crippen LogP contribution in [0.1, 0.15) is 11.1 Å². The fourth-order valence-corrected chi connectivity index (χ4v) is 3.73. The number of anilines is 1. The van der Waals surface area contributed by atoms with Gasteiger partial charge in [0.05, 0.1) is 35.6 Å². The molecule has 3 heterocycles. The number of nitro benzene ring substituents is 2. The molecule has 0 amide bonds. The van der Waals surface area contributed by atoms with Gasteiger partial charge in [0, 0.05) is 24.3 Å². The van der Waals surface area contributed by atoms with Crippen molar-refractivity contribution >= 4 is 29.3 Å². The van der Waals surface area contributed by atoms with Gasteiger partial charge in [0.2, 0.25) is 0 Å². The van der Waals surface area contributed by atoms with Crippen LogP contribution in [0.5, 0.6) is 0 Å². The molecule has 4 aromatic rings. The second-order valence-corrected chi connectivity index (χ2v) is 7.53. The Morgan fingerprint density at radius 3 is 2.06 bits per heavy atom. The third-order valence-corrected chi connectivity index (χ3v) is 5.41. The Kier molecular flexibility index (Phi) is 4.97. The minimum absolute atomic E-state index is 0.00649. The molecule has 2 N–H and O–H groups in total. The summed E-state index contributed by atoms with van der Waals surface area (Å²) in [6.07, 6.45) is 3.04. The summed E-state index contributed by atoms with van der Waals surface area (Å²) in [4.78, 5) is 45.2. The fraction of sp³-hybridized carbons (Fsp3) is 0.0952. The number of aromatic nitrogens is 4. The van der Waals surface area contributed by atoms with Gasteiger partial charge < -0.3 is 14.9 Å². The molecular weight excluding hydrogens is 444 g/mol. The Hall–Kier alpha value is -5.07. The van der Waals surface area contributed by atoms with Gasteiger partial charge in [-0.2, -0.15) is 0 Å². The molecule has 0 unspecified atom stereocenters. The lowest BCUT2D eigenvalue weighted by Gasteiger charge is -2.07. The van der Waals surface area contributed by atoms with Crippen LogP contribution in [-0.4, -0.2) is 35.3 Å². The molecule has 0 aliphatic carbocycles. The topological polar surface area (TPSA) is 166 Å². The highest BCUT2D eigenvalue weighted by Gasteiger charge is 2.24. The number of nitrogens with one attached hydrogen (secondary N) is 2. The van der Waals surface area contributed by atoms with Crippen molar-refractivity contribution in [2.45, 2.75) is 13.1 Å². The average molecular weight is 460 g/mol. The Balaban J connectivity index is 1.46. The summed E-state index contributed by atoms with van der Waals surface area (Å²) in [5.41, 5.74) is 2.06. The van der Waals surface area contributed by atoms with Gasteiger partial charge in [-0.05, 0) is 11.1 Å². The summed E-state index contributed by atoms with van der Waals surface area (Å²) in [7, 11) is 0. The third-order valence-electron chi connectivity index (χ3n) is 5.41. The molecule has 0 saturated carbocycles. The van der Waals surface area contributed by atoms with Gasteiger partial charge in [-0.25, -0.2) is 14.8 Å². The summed E-state index contributed by atoms with van der Waals surface area (Å²) in [6.45, 7) is 0.559. The fourth-order valence-electron chi connectivity index (χ4n) is 3.73. The zero-order valence-electron chi connectivity index (χ0n) is 17.4. The van der Waals surface area contributed by atoms with Gasteiger partial charge in [-0.1, -0.05) is 24.3 Å². The van der Waals surface area contributed by atoms with E-state index in [9.17, 15) is 25.0 Å². The smallest absolute Gasteiger partial charge is 0.327 e. The maximum atomic E-state index is 12.7. The highest BCUT2D eigenvalue weighted by atomic mass is 16.6. The number of hydrogen-bond donors (Lipinski definition) is 2. The van der Waals surface area contributed by atoms with Crippen LogP contribution >= 0.6 is 0 Å². The number of aromatic amines is 1. The van der Waals surface area contributed by atoms with Crippen LogP contribution in [0.2, 0.25) is 0 Å². The zero-order valence-corrected chi connectivity index (χ0v) is 17.4. The lowest BCUT2D eigenvalue weighted by atomic mass is 10.2. The normalized spacial score (nSPS) is 11.9. The Morgan fingerprint density at radius 1 is 0.882 bits per heavy atom. The molecule has 0 radical (unpaired) electrons. The maximum absolute atomic E-state index is 12.7. The first-order valence-corrected chi connectivity index (χ1v) is 10.0. The van der Waals surface area contributed by atoms with Crippen molar-refractivity contribution in [3.63, 3.8) is 0 Å². The van der Waals surface area contributed by atoms with Crippen LogP contribution in [0.4, 0.5) is 23.0 Å². The first-order chi connectivity index (χ1) is 16.4. The van der Waals surface area contributed by atoms with Gasteiger partial charge in [0.15, 0.2) is 5.82 Å². The monoisotopic (exact) mass is 460 g/mol. The van der Waals surface area contributed by atoms with Crippen LogP contribution in [0.15, 0.2) is 64.6 Å². The van der Waals surface area contributed by atoms with Crippen molar-refractivity contribution in [3.8, 4) is 11.4 Å². The summed E-state index contributed by atoms with van der Waals surface area (Å²) in [6, 6.07) is 12.2. The Morgan fingerprint density at radius 2 is 1.47 bits per heavy atom. The summed E-state index contributed by atoms with van der Waals surface area (Å²) in [5, 5.41) is 24.8. The average Bonchev–Trinajstić information content (AvgIpc) is 3.29. The summed E-state index contributed by atoms with van der Waals surface area (Å²) < 4.78 is 3.24. The molecule has 13 nitrogen and oxygen atoms in total. The quantitative estimate of drug-likeness (QED) is 0.329. The number of H-pyrrole nitrogens is 1. The van der Waals surface area contributed by atoms with Crippen LogP contribution < -0.4 is 11.0 Å². The predicted molar refractivity (Wildman–Crippen MR) is 122 cm³/mol. The molecule has 34 heavy (non-hydrogen) atoms. The molecule has 0 bridgehead atoms. The van der Waals surface area contributed by atoms with Crippen molar-refractivity contribution in [1.29, 1.82) is 0 Å². The molecule has 0 saturated heterocycles. The molecule has 1 aliphatic rings. The SMILES string of the molecule is O=c1[nH]c2c(n1Cc1ccc([N+](=O)[O-])cc1)NC=Nc1c-2ncn1Cc1ccc([N+](=O)[O-])cc1. The molecule has 0 spiro atoms. The molecule has 1 aliphatic heterocycles. The van der Waals surface area contributed by atoms with E-state index in [2.05, 4.69) is 20.3 Å². The van der Waals surface area contributed by atoms with Gasteiger partial charge >= 0.3 is 5.69 Å². The van der Waals surface area contributed by atoms with E-state index in [1.165, 1.54) is 35.2 Å². The molecule has 2 aromatic heterocycles. The minimum atomic E-state index is -0.481. The lowest BCUT2D eigenvalue weighted by Crippen LogP contribution is -2.19. The highest BCUT2D eigenvalue weighted by Crippen LogP contribution is 2.34. The van der Waals surface area contributed by atoms with Crippen LogP contribution in [0.3, 0.4) is 0 Å². The second-order valence-electron chi connectivity index (χ2n) is 7.53. The number of benzene rings is 2. The number of fused-ring (bicyclic) bond motifs is 3. The summed E-state index contributed by atoms with van der Waals surface area (Å²) >= 11 is 0. The largest absolute Gasteiger partial charge is 0.330 e. The molecule has 5 rings (SSSR count). The standard InChI is InChI=1S/C21H16N8O5/c30-21-25-18-17-19(26(12-24-17)9-13-1-5-15(6-2-13)28(31)32)22-11-23-20(18)27(21)10-14-3-7-16(8-4-14)29(33)34/h1-8,11-12H,9-10H2,(H,22,23)(H,25,30). The van der Waals surface area contributed by atoms with Gasteiger partial charge in [0.1, 0.15) is 17.2 Å². The van der Waals surface area contributed by atoms with E-state index in [1.54, 1.807) is 35.2 Å². The van der Waals surface area contributed by atoms with Crippen LogP contribution in [0, 0.1) is 20.2 Å². The van der Waals surface area contributed by atoms with E-state index in [0.29, 0.717) is 35.1 Å². The lowest BCUT2D eigenvalue weighted by molar-refractivity contribution is -0.385. The van der Waals surface area contributed by atoms with Crippen molar-refractivity contribution in [2.24, 2.45) is 4.99 Å². The zero-order chi connectivity index (χ0) is 23.8. The van der Waals surface area contributed by atoms with Crippen molar-refractivity contribution in [2.75, 3.05) is 5.32 Å². The minimum Gasteiger partial charge on any atom is -0.330 e. The second kappa shape index (κ2) is 8.12. The van der Waals surface area contributed by atoms with Gasteiger partial charge in [-0.3, -0.25) is 24.8 Å². The molecule has 13 heteroatoms. The van der Waals surface area contributed by atoms with E-state index in [4.69, 9.17) is 0 Å². The van der Waals surface area contributed by atoms with Gasteiger partial charge in [0.25, 0.3) is 11.4 Å². The molecule has 0 fully saturated rings. The number of nitrogens with zero attached hydrogens (tertiary/aromatic N) is 6. The van der Waals surface area contributed by atoms with E-state index >= 15 is 0 Å². The third kappa shape index (κ3) is 3.70. The molecular formula is C21H16N8O5. The number of imidazole rings is 2. The van der Waals surface area contributed by atoms with Crippen LogP contribution in [0.25, 0.3) is 11.4 Å². The number of hydrogen-bond acceptors (Lipinski definition) is 8. The molecule has 170 valence electrons. The number of rotatable bonds is 6. The molecule has 0 atom stereocenters. The van der Waals surface area contributed by atoms with Gasteiger partial charge in [-0.15, -0.1) is 0 Å². The predicted octanol–water partition coefficient (Wildman–Crippen LogP) is 3.04. The highest BCUT2D eigenvalue weighted by molar-refractivity contribution is 5.90. The van der Waals surface area contributed by atoms with E-state index in [1.807, 2.05) is 0 Å². The number of nitro groups is 2. The van der Waals surface area contributed by atoms with E-state index in [0.717, 1.165) is 5.56 Å². The Labute approximate surface area is 190 Å². The number of non-ortho nitro benzene ring substituents is 2. The van der Waals surface area contributed by atoms with Crippen molar-refractivity contribution < 1.29 is 9.85 Å². The molecule has 2 aromatic carbocycles. The van der Waals surface area contributed by atoms with Crippen LogP contribution in [-0.2, 0) is 13.1 Å². The van der Waals surface area contributed by atoms with Crippen molar-refractivity contribution in [3.05, 3.63) is 96.7 Å². The summed E-state index contributed by atoms with van der Waals surface area (Å²) in [5.74, 6) is 0.972. The maximum Gasteiger partial charge on any atom is 0.327 e. The Bertz CT molecular complexity index is 1500. The van der Waals surface area contributed by atoms with E-state index in [-0.39, 0.29) is 23.6 Å². The van der Waals surface area contributed by atoms with E-state index < -0.39 is 9.85 Å². The first kappa shape index (κ1) is 20.8. The first-order valence-electron chi connectivity index (χ1n) is 10.0. The van der Waals surface area contributed by atoms with Crippen molar-refractivity contribution in [1.82, 2.24) is 19.1 Å². The number of aliphatic imine (C=N–C) groups is 1.